The fourth-order valence-corrected chi connectivity index (χ4v) is 3.29. The number of nitrogens with two attached hydrogens (primary N) is 1. The van der Waals surface area contributed by atoms with Crippen molar-refractivity contribution < 1.29 is 9.59 Å². The molecular weight excluding hydrogens is 300 g/mol. The number of amides is 2. The van der Waals surface area contributed by atoms with E-state index in [2.05, 4.69) is 0 Å². The summed E-state index contributed by atoms with van der Waals surface area (Å²) in [6, 6.07) is 15.1. The zero-order valence-electron chi connectivity index (χ0n) is 13.9. The first-order chi connectivity index (χ1) is 11.6. The molecule has 124 valence electrons. The van der Waals surface area contributed by atoms with Crippen LogP contribution in [0.4, 0.5) is 0 Å². The number of nitrogens with zero attached hydrogens (tertiary/aromatic N) is 1. The lowest BCUT2D eigenvalue weighted by Crippen LogP contribution is -2.35. The molecule has 24 heavy (non-hydrogen) atoms. The van der Waals surface area contributed by atoms with Gasteiger partial charge in [-0.3, -0.25) is 9.59 Å². The maximum Gasteiger partial charge on any atom is 0.253 e. The number of primary amides is 1. The lowest BCUT2D eigenvalue weighted by Gasteiger charge is -2.24. The average Bonchev–Trinajstić information content (AvgIpc) is 3.15. The molecule has 2 amide bonds. The van der Waals surface area contributed by atoms with Crippen LogP contribution in [-0.4, -0.2) is 29.8 Å². The van der Waals surface area contributed by atoms with Gasteiger partial charge in [-0.2, -0.15) is 0 Å². The monoisotopic (exact) mass is 322 g/mol. The molecule has 0 aromatic heterocycles. The van der Waals surface area contributed by atoms with Crippen LogP contribution in [0, 0.1) is 0 Å². The standard InChI is InChI=1S/C20H22N2O2/c1-22(18-4-2-3-5-18)20(24)17-12-8-15(9-13-17)14-6-10-16(11-7-14)19(21)23/h6-13,18H,2-5H2,1H3,(H2,21,23). The Hall–Kier alpha value is -2.62. The van der Waals surface area contributed by atoms with Gasteiger partial charge in [0, 0.05) is 24.2 Å². The molecule has 1 fully saturated rings. The Morgan fingerprint density at radius 1 is 0.875 bits per heavy atom. The van der Waals surface area contributed by atoms with Gasteiger partial charge in [0.15, 0.2) is 0 Å². The minimum atomic E-state index is -0.433. The van der Waals surface area contributed by atoms with E-state index in [0.717, 1.165) is 24.0 Å². The van der Waals surface area contributed by atoms with Crippen molar-refractivity contribution in [1.29, 1.82) is 0 Å². The van der Waals surface area contributed by atoms with Crippen LogP contribution in [0.1, 0.15) is 46.4 Å². The van der Waals surface area contributed by atoms with Gasteiger partial charge < -0.3 is 10.6 Å². The predicted octanol–water partition coefficient (Wildman–Crippen LogP) is 3.47. The van der Waals surface area contributed by atoms with Crippen LogP contribution >= 0.6 is 0 Å². The third-order valence-electron chi connectivity index (χ3n) is 4.83. The summed E-state index contributed by atoms with van der Waals surface area (Å²) in [5.74, 6) is -0.352. The summed E-state index contributed by atoms with van der Waals surface area (Å²) in [7, 11) is 1.90. The first kappa shape index (κ1) is 16.2. The van der Waals surface area contributed by atoms with Gasteiger partial charge in [0.2, 0.25) is 5.91 Å². The molecule has 0 saturated heterocycles. The minimum Gasteiger partial charge on any atom is -0.366 e. The van der Waals surface area contributed by atoms with Gasteiger partial charge in [0.25, 0.3) is 5.91 Å². The van der Waals surface area contributed by atoms with Crippen molar-refractivity contribution >= 4 is 11.8 Å². The lowest BCUT2D eigenvalue weighted by molar-refractivity contribution is 0.0735. The Labute approximate surface area is 142 Å². The quantitative estimate of drug-likeness (QED) is 0.937. The molecule has 0 spiro atoms. The van der Waals surface area contributed by atoms with Gasteiger partial charge in [0.1, 0.15) is 0 Å². The van der Waals surface area contributed by atoms with E-state index >= 15 is 0 Å². The Bertz CT molecular complexity index is 729. The largest absolute Gasteiger partial charge is 0.366 e. The normalized spacial score (nSPS) is 14.5. The van der Waals surface area contributed by atoms with Gasteiger partial charge in [-0.25, -0.2) is 0 Å². The maximum atomic E-state index is 12.6. The average molecular weight is 322 g/mol. The molecule has 0 heterocycles. The third kappa shape index (κ3) is 3.32. The molecule has 0 bridgehead atoms. The highest BCUT2D eigenvalue weighted by Gasteiger charge is 2.24. The zero-order chi connectivity index (χ0) is 17.1. The first-order valence-corrected chi connectivity index (χ1v) is 8.34. The second-order valence-corrected chi connectivity index (χ2v) is 6.37. The van der Waals surface area contributed by atoms with E-state index in [-0.39, 0.29) is 5.91 Å². The van der Waals surface area contributed by atoms with E-state index in [0.29, 0.717) is 17.2 Å². The number of carbonyl (C=O) groups excluding carboxylic acids is 2. The van der Waals surface area contributed by atoms with Crippen molar-refractivity contribution in [3.63, 3.8) is 0 Å². The van der Waals surface area contributed by atoms with Crippen LogP contribution in [0.2, 0.25) is 0 Å². The van der Waals surface area contributed by atoms with Crippen molar-refractivity contribution in [3.8, 4) is 11.1 Å². The fourth-order valence-electron chi connectivity index (χ4n) is 3.29. The van der Waals surface area contributed by atoms with E-state index in [4.69, 9.17) is 5.73 Å². The number of benzene rings is 2. The molecule has 4 heteroatoms. The summed E-state index contributed by atoms with van der Waals surface area (Å²) in [6.07, 6.45) is 4.63. The smallest absolute Gasteiger partial charge is 0.253 e. The van der Waals surface area contributed by atoms with E-state index in [1.807, 2.05) is 48.3 Å². The molecule has 2 aromatic rings. The molecule has 2 N–H and O–H groups in total. The number of hydrogen-bond acceptors (Lipinski definition) is 2. The number of rotatable bonds is 4. The van der Waals surface area contributed by atoms with Crippen molar-refractivity contribution in [2.24, 2.45) is 5.73 Å². The van der Waals surface area contributed by atoms with E-state index in [1.165, 1.54) is 12.8 Å². The highest BCUT2D eigenvalue weighted by atomic mass is 16.2. The van der Waals surface area contributed by atoms with Gasteiger partial charge in [0.05, 0.1) is 0 Å². The van der Waals surface area contributed by atoms with Crippen LogP contribution in [0.15, 0.2) is 48.5 Å². The summed E-state index contributed by atoms with van der Waals surface area (Å²) < 4.78 is 0. The van der Waals surface area contributed by atoms with Gasteiger partial charge in [-0.1, -0.05) is 37.1 Å². The van der Waals surface area contributed by atoms with Crippen molar-refractivity contribution in [2.45, 2.75) is 31.7 Å². The second-order valence-electron chi connectivity index (χ2n) is 6.37. The zero-order valence-corrected chi connectivity index (χ0v) is 13.9. The highest BCUT2D eigenvalue weighted by Crippen LogP contribution is 2.25. The summed E-state index contributed by atoms with van der Waals surface area (Å²) in [6.45, 7) is 0. The maximum absolute atomic E-state index is 12.6. The molecule has 1 aliphatic carbocycles. The van der Waals surface area contributed by atoms with Crippen LogP contribution in [0.25, 0.3) is 11.1 Å². The molecule has 4 nitrogen and oxygen atoms in total. The van der Waals surface area contributed by atoms with Crippen LogP contribution < -0.4 is 5.73 Å². The van der Waals surface area contributed by atoms with Gasteiger partial charge in [-0.15, -0.1) is 0 Å². The molecule has 1 aliphatic rings. The van der Waals surface area contributed by atoms with Crippen molar-refractivity contribution in [1.82, 2.24) is 4.90 Å². The summed E-state index contributed by atoms with van der Waals surface area (Å²) in [5, 5.41) is 0. The van der Waals surface area contributed by atoms with Gasteiger partial charge in [-0.05, 0) is 48.2 Å². The third-order valence-corrected chi connectivity index (χ3v) is 4.83. The number of hydrogen-bond donors (Lipinski definition) is 1. The van der Waals surface area contributed by atoms with Crippen molar-refractivity contribution in [3.05, 3.63) is 59.7 Å². The molecule has 0 radical (unpaired) electrons. The van der Waals surface area contributed by atoms with E-state index in [1.54, 1.807) is 12.1 Å². The Balaban J connectivity index is 1.75. The topological polar surface area (TPSA) is 63.4 Å². The van der Waals surface area contributed by atoms with Crippen LogP contribution in [0.5, 0.6) is 0 Å². The molecular formula is C20H22N2O2. The summed E-state index contributed by atoms with van der Waals surface area (Å²) >= 11 is 0. The SMILES string of the molecule is CN(C(=O)c1ccc(-c2ccc(C(N)=O)cc2)cc1)C1CCCC1. The minimum absolute atomic E-state index is 0.0810. The highest BCUT2D eigenvalue weighted by molar-refractivity contribution is 5.95. The van der Waals surface area contributed by atoms with Crippen molar-refractivity contribution in [2.75, 3.05) is 7.05 Å². The molecule has 3 rings (SSSR count). The van der Waals surface area contributed by atoms with Gasteiger partial charge >= 0.3 is 0 Å². The lowest BCUT2D eigenvalue weighted by atomic mass is 10.0. The van der Waals surface area contributed by atoms with Crippen LogP contribution in [-0.2, 0) is 0 Å². The number of carbonyl (C=O) groups is 2. The van der Waals surface area contributed by atoms with E-state index in [9.17, 15) is 9.59 Å². The molecule has 0 atom stereocenters. The molecule has 0 unspecified atom stereocenters. The molecule has 0 aliphatic heterocycles. The summed E-state index contributed by atoms with van der Waals surface area (Å²) in [5.41, 5.74) is 8.45. The molecule has 1 saturated carbocycles. The molecule has 2 aromatic carbocycles. The Morgan fingerprint density at radius 2 is 1.33 bits per heavy atom. The second kappa shape index (κ2) is 6.87. The Kier molecular flexibility index (Phi) is 4.65. The van der Waals surface area contributed by atoms with Crippen LogP contribution in [0.3, 0.4) is 0 Å². The van der Waals surface area contributed by atoms with E-state index < -0.39 is 5.91 Å². The Morgan fingerprint density at radius 3 is 1.79 bits per heavy atom. The fraction of sp³-hybridized carbons (Fsp3) is 0.300. The summed E-state index contributed by atoms with van der Waals surface area (Å²) in [4.78, 5) is 25.6. The first-order valence-electron chi connectivity index (χ1n) is 8.34. The predicted molar refractivity (Wildman–Crippen MR) is 94.7 cm³/mol.